The highest BCUT2D eigenvalue weighted by Crippen LogP contribution is 2.30. The molecule has 1 unspecified atom stereocenters. The van der Waals surface area contributed by atoms with Crippen molar-refractivity contribution in [2.75, 3.05) is 6.54 Å². The molecule has 3 heteroatoms. The fraction of sp³-hybridized carbons (Fsp3) is 0.647. The third-order valence-electron chi connectivity index (χ3n) is 3.62. The summed E-state index contributed by atoms with van der Waals surface area (Å²) in [6.45, 7) is 13.4. The quantitative estimate of drug-likeness (QED) is 0.854. The number of halogens is 2. The fourth-order valence-corrected chi connectivity index (χ4v) is 2.09. The molecule has 0 bridgehead atoms. The Bertz CT molecular complexity index is 421. The average molecular weight is 283 g/mol. The fourth-order valence-electron chi connectivity index (χ4n) is 2.09. The summed E-state index contributed by atoms with van der Waals surface area (Å²) in [4.78, 5) is 0. The molecule has 0 aliphatic heterocycles. The molecule has 0 aliphatic rings. The molecule has 114 valence electrons. The lowest BCUT2D eigenvalue weighted by atomic mass is 9.76. The molecular weight excluding hydrogens is 256 g/mol. The van der Waals surface area contributed by atoms with Gasteiger partial charge in [-0.2, -0.15) is 0 Å². The highest BCUT2D eigenvalue weighted by molar-refractivity contribution is 5.20. The SMILES string of the molecule is CC(C)(C)NCC(Cc1c(F)cccc1F)C(C)(C)C. The van der Waals surface area contributed by atoms with Crippen LogP contribution >= 0.6 is 0 Å². The van der Waals surface area contributed by atoms with E-state index in [4.69, 9.17) is 0 Å². The second-order valence-corrected chi connectivity index (χ2v) is 7.60. The van der Waals surface area contributed by atoms with E-state index in [1.165, 1.54) is 18.2 Å². The number of hydrogen-bond acceptors (Lipinski definition) is 1. The minimum absolute atomic E-state index is 0.00270. The number of hydrogen-bond donors (Lipinski definition) is 1. The first-order chi connectivity index (χ1) is 9.00. The van der Waals surface area contributed by atoms with Gasteiger partial charge in [0.05, 0.1) is 0 Å². The summed E-state index contributed by atoms with van der Waals surface area (Å²) in [5, 5.41) is 3.44. The van der Waals surface area contributed by atoms with Gasteiger partial charge in [-0.05, 0) is 57.2 Å². The molecular formula is C17H27F2N. The molecule has 1 N–H and O–H groups in total. The first-order valence-corrected chi connectivity index (χ1v) is 7.18. The van der Waals surface area contributed by atoms with E-state index in [1.54, 1.807) is 0 Å². The summed E-state index contributed by atoms with van der Waals surface area (Å²) in [5.74, 6) is -0.738. The predicted molar refractivity (Wildman–Crippen MR) is 80.8 cm³/mol. The van der Waals surface area contributed by atoms with E-state index in [0.29, 0.717) is 6.42 Å². The van der Waals surface area contributed by atoms with Gasteiger partial charge in [0.1, 0.15) is 11.6 Å². The van der Waals surface area contributed by atoms with E-state index >= 15 is 0 Å². The minimum atomic E-state index is -0.449. The van der Waals surface area contributed by atoms with E-state index < -0.39 is 11.6 Å². The lowest BCUT2D eigenvalue weighted by Gasteiger charge is -2.34. The van der Waals surface area contributed by atoms with Crippen molar-refractivity contribution in [3.63, 3.8) is 0 Å². The van der Waals surface area contributed by atoms with Crippen LogP contribution in [0.3, 0.4) is 0 Å². The van der Waals surface area contributed by atoms with E-state index in [9.17, 15) is 8.78 Å². The Balaban J connectivity index is 2.91. The molecule has 1 aromatic carbocycles. The molecule has 0 heterocycles. The monoisotopic (exact) mass is 283 g/mol. The Morgan fingerprint density at radius 1 is 1.00 bits per heavy atom. The summed E-state index contributed by atoms with van der Waals surface area (Å²) in [6, 6.07) is 4.07. The van der Waals surface area contributed by atoms with Crippen LogP contribution in [0.4, 0.5) is 8.78 Å². The van der Waals surface area contributed by atoms with Gasteiger partial charge in [-0.25, -0.2) is 8.78 Å². The molecule has 1 atom stereocenters. The molecule has 0 radical (unpaired) electrons. The van der Waals surface area contributed by atoms with Gasteiger partial charge in [0.15, 0.2) is 0 Å². The molecule has 0 aromatic heterocycles. The minimum Gasteiger partial charge on any atom is -0.312 e. The Labute approximate surface area is 121 Å². The lowest BCUT2D eigenvalue weighted by Crippen LogP contribution is -2.43. The van der Waals surface area contributed by atoms with Gasteiger partial charge < -0.3 is 5.32 Å². The largest absolute Gasteiger partial charge is 0.312 e. The number of nitrogens with one attached hydrogen (secondary N) is 1. The lowest BCUT2D eigenvalue weighted by molar-refractivity contribution is 0.211. The van der Waals surface area contributed by atoms with Gasteiger partial charge in [-0.3, -0.25) is 0 Å². The third-order valence-corrected chi connectivity index (χ3v) is 3.62. The van der Waals surface area contributed by atoms with Crippen LogP contribution in [0.1, 0.15) is 47.1 Å². The zero-order valence-corrected chi connectivity index (χ0v) is 13.5. The zero-order valence-electron chi connectivity index (χ0n) is 13.5. The molecule has 0 fully saturated rings. The highest BCUT2D eigenvalue weighted by Gasteiger charge is 2.28. The maximum Gasteiger partial charge on any atom is 0.129 e. The molecule has 20 heavy (non-hydrogen) atoms. The first kappa shape index (κ1) is 17.1. The van der Waals surface area contributed by atoms with Crippen LogP contribution in [0.15, 0.2) is 18.2 Å². The van der Waals surface area contributed by atoms with Crippen molar-refractivity contribution in [1.29, 1.82) is 0 Å². The zero-order chi connectivity index (χ0) is 15.6. The van der Waals surface area contributed by atoms with Crippen molar-refractivity contribution < 1.29 is 8.78 Å². The Hall–Kier alpha value is -0.960. The summed E-state index contributed by atoms with van der Waals surface area (Å²) in [6.07, 6.45) is 0.408. The molecule has 0 saturated carbocycles. The van der Waals surface area contributed by atoms with Crippen LogP contribution in [-0.2, 0) is 6.42 Å². The maximum atomic E-state index is 13.8. The van der Waals surface area contributed by atoms with E-state index in [-0.39, 0.29) is 22.4 Å². The van der Waals surface area contributed by atoms with Crippen molar-refractivity contribution in [3.8, 4) is 0 Å². The average Bonchev–Trinajstić information content (AvgIpc) is 2.24. The third kappa shape index (κ3) is 5.20. The molecule has 1 nitrogen and oxygen atoms in total. The van der Waals surface area contributed by atoms with Crippen LogP contribution in [0.2, 0.25) is 0 Å². The number of rotatable bonds is 4. The molecule has 0 aliphatic carbocycles. The van der Waals surface area contributed by atoms with Crippen molar-refractivity contribution >= 4 is 0 Å². The van der Waals surface area contributed by atoms with E-state index in [0.717, 1.165) is 6.54 Å². The van der Waals surface area contributed by atoms with Crippen molar-refractivity contribution in [3.05, 3.63) is 35.4 Å². The predicted octanol–water partition coefficient (Wildman–Crippen LogP) is 4.56. The Kier molecular flexibility index (Phi) is 5.31. The second kappa shape index (κ2) is 6.21. The highest BCUT2D eigenvalue weighted by atomic mass is 19.1. The van der Waals surface area contributed by atoms with Crippen LogP contribution in [0.25, 0.3) is 0 Å². The van der Waals surface area contributed by atoms with Crippen LogP contribution in [0, 0.1) is 23.0 Å². The van der Waals surface area contributed by atoms with Gasteiger partial charge in [-0.15, -0.1) is 0 Å². The normalized spacial score (nSPS) is 14.4. The standard InChI is InChI=1S/C17H27F2N/c1-16(2,3)12(11-20-17(4,5)6)10-13-14(18)8-7-9-15(13)19/h7-9,12,20H,10-11H2,1-6H3. The van der Waals surface area contributed by atoms with Gasteiger partial charge >= 0.3 is 0 Å². The Morgan fingerprint density at radius 2 is 1.50 bits per heavy atom. The summed E-state index contributed by atoms with van der Waals surface area (Å²) < 4.78 is 27.6. The van der Waals surface area contributed by atoms with Crippen molar-refractivity contribution in [1.82, 2.24) is 5.32 Å². The smallest absolute Gasteiger partial charge is 0.129 e. The molecule has 1 rings (SSSR count). The first-order valence-electron chi connectivity index (χ1n) is 7.18. The van der Waals surface area contributed by atoms with Crippen LogP contribution in [-0.4, -0.2) is 12.1 Å². The van der Waals surface area contributed by atoms with Crippen LogP contribution in [0.5, 0.6) is 0 Å². The topological polar surface area (TPSA) is 12.0 Å². The van der Waals surface area contributed by atoms with Gasteiger partial charge in [0.2, 0.25) is 0 Å². The summed E-state index contributed by atoms with van der Waals surface area (Å²) in [7, 11) is 0. The van der Waals surface area contributed by atoms with E-state index in [2.05, 4.69) is 46.9 Å². The number of benzene rings is 1. The van der Waals surface area contributed by atoms with E-state index in [1.807, 2.05) is 0 Å². The molecule has 1 aromatic rings. The van der Waals surface area contributed by atoms with Gasteiger partial charge in [0, 0.05) is 11.1 Å². The molecule has 0 amide bonds. The van der Waals surface area contributed by atoms with Crippen molar-refractivity contribution in [2.24, 2.45) is 11.3 Å². The van der Waals surface area contributed by atoms with Gasteiger partial charge in [-0.1, -0.05) is 26.8 Å². The Morgan fingerprint density at radius 3 is 1.90 bits per heavy atom. The van der Waals surface area contributed by atoms with Crippen LogP contribution < -0.4 is 5.32 Å². The molecule has 0 saturated heterocycles. The summed E-state index contributed by atoms with van der Waals surface area (Å²) in [5.41, 5.74) is 0.174. The summed E-state index contributed by atoms with van der Waals surface area (Å²) >= 11 is 0. The molecule has 0 spiro atoms. The van der Waals surface area contributed by atoms with Crippen molar-refractivity contribution in [2.45, 2.75) is 53.5 Å². The maximum absolute atomic E-state index is 13.8. The second-order valence-electron chi connectivity index (χ2n) is 7.60. The van der Waals surface area contributed by atoms with Gasteiger partial charge in [0.25, 0.3) is 0 Å².